The zero-order valence-electron chi connectivity index (χ0n) is 21.0. The summed E-state index contributed by atoms with van der Waals surface area (Å²) in [5.41, 5.74) is 12.9. The molecule has 2 aromatic carbocycles. The summed E-state index contributed by atoms with van der Waals surface area (Å²) < 4.78 is 6.45. The molecule has 1 atom stereocenters. The number of nitrogen functional groups attached to an aromatic ring is 1. The third-order valence-corrected chi connectivity index (χ3v) is 6.60. The molecule has 3 aromatic rings. The topological polar surface area (TPSA) is 63.7 Å². The fraction of sp³-hybridized carbons (Fsp3) is 0.357. The number of nitrogens with zero attached hydrogens (tertiary/aromatic N) is 4. The number of aryl methyl sites for hydroxylation is 1. The van der Waals surface area contributed by atoms with Crippen LogP contribution < -0.4 is 10.3 Å². The SMILES string of the molecule is CCOCC1=Nc2c(N)nc(C)c(C)c2[N+]1(Cc1ccccc1)N(Cc1ccccc1)C(C)C. The summed E-state index contributed by atoms with van der Waals surface area (Å²) in [6.45, 7) is 13.2. The number of ether oxygens (including phenoxy) is 1. The Morgan fingerprint density at radius 2 is 1.59 bits per heavy atom. The zero-order chi connectivity index (χ0) is 24.3. The van der Waals surface area contributed by atoms with E-state index in [0.717, 1.165) is 35.0 Å². The minimum absolute atomic E-state index is 0.218. The zero-order valence-corrected chi connectivity index (χ0v) is 21.0. The van der Waals surface area contributed by atoms with Crippen LogP contribution in [0.2, 0.25) is 0 Å². The standard InChI is InChI=1S/C28H36N5O/c1-6-34-19-25-31-26-27(21(4)22(5)30-28(26)29)33(25,18-24-15-11-8-12-16-24)32(20(2)3)17-23-13-9-7-10-14-23/h7-16,20H,6,17-19H2,1-5H3,(H2,29,30)/q+1. The van der Waals surface area contributed by atoms with Crippen molar-refractivity contribution in [3.05, 3.63) is 83.0 Å². The Kier molecular flexibility index (Phi) is 7.12. The first-order chi connectivity index (χ1) is 16.4. The number of benzene rings is 2. The van der Waals surface area contributed by atoms with Crippen molar-refractivity contribution in [3.8, 4) is 0 Å². The Balaban J connectivity index is 2.00. The second-order valence-corrected chi connectivity index (χ2v) is 9.16. The molecule has 4 rings (SSSR count). The number of hydrogen-bond donors (Lipinski definition) is 1. The third kappa shape index (κ3) is 4.37. The number of anilines is 1. The van der Waals surface area contributed by atoms with Gasteiger partial charge in [0.1, 0.15) is 13.2 Å². The smallest absolute Gasteiger partial charge is 0.255 e. The molecular formula is C28H36N5O+. The van der Waals surface area contributed by atoms with Gasteiger partial charge in [0.25, 0.3) is 5.84 Å². The second kappa shape index (κ2) is 10.1. The van der Waals surface area contributed by atoms with E-state index in [1.807, 2.05) is 13.8 Å². The minimum Gasteiger partial charge on any atom is -0.382 e. The molecule has 2 heterocycles. The van der Waals surface area contributed by atoms with Crippen molar-refractivity contribution < 1.29 is 4.74 Å². The van der Waals surface area contributed by atoms with Gasteiger partial charge in [-0.25, -0.2) is 4.98 Å². The summed E-state index contributed by atoms with van der Waals surface area (Å²) in [6.07, 6.45) is 0. The molecule has 0 aliphatic carbocycles. The van der Waals surface area contributed by atoms with E-state index in [0.29, 0.717) is 30.2 Å². The fourth-order valence-electron chi connectivity index (χ4n) is 4.88. The second-order valence-electron chi connectivity index (χ2n) is 9.16. The van der Waals surface area contributed by atoms with Crippen LogP contribution in [0.3, 0.4) is 0 Å². The molecular weight excluding hydrogens is 422 g/mol. The van der Waals surface area contributed by atoms with Crippen LogP contribution in [-0.4, -0.2) is 35.1 Å². The maximum Gasteiger partial charge on any atom is 0.255 e. The lowest BCUT2D eigenvalue weighted by Crippen LogP contribution is -2.66. The van der Waals surface area contributed by atoms with Crippen LogP contribution in [0.15, 0.2) is 65.7 Å². The van der Waals surface area contributed by atoms with Gasteiger partial charge in [-0.05, 0) is 40.2 Å². The maximum absolute atomic E-state index is 6.49. The minimum atomic E-state index is 0.218. The fourth-order valence-corrected chi connectivity index (χ4v) is 4.88. The summed E-state index contributed by atoms with van der Waals surface area (Å²) in [5.74, 6) is 1.41. The van der Waals surface area contributed by atoms with Crippen LogP contribution in [0.25, 0.3) is 0 Å². The average Bonchev–Trinajstić information content (AvgIpc) is 3.15. The highest BCUT2D eigenvalue weighted by molar-refractivity contribution is 6.05. The predicted molar refractivity (Wildman–Crippen MR) is 141 cm³/mol. The molecule has 1 aliphatic rings. The molecule has 0 radical (unpaired) electrons. The van der Waals surface area contributed by atoms with Gasteiger partial charge in [-0.15, -0.1) is 5.01 Å². The number of hydrogen-bond acceptors (Lipinski definition) is 5. The largest absolute Gasteiger partial charge is 0.382 e. The van der Waals surface area contributed by atoms with Gasteiger partial charge in [0, 0.05) is 23.4 Å². The highest BCUT2D eigenvalue weighted by Crippen LogP contribution is 2.49. The van der Waals surface area contributed by atoms with Gasteiger partial charge in [0.15, 0.2) is 17.2 Å². The quantitative estimate of drug-likeness (QED) is 0.418. The van der Waals surface area contributed by atoms with Crippen molar-refractivity contribution in [1.82, 2.24) is 14.6 Å². The molecule has 1 aliphatic heterocycles. The van der Waals surface area contributed by atoms with Gasteiger partial charge in [0.05, 0.1) is 12.6 Å². The Hall–Kier alpha value is -3.06. The molecule has 178 valence electrons. The number of aliphatic imine (C=N–C) groups is 1. The van der Waals surface area contributed by atoms with Crippen LogP contribution in [0.1, 0.15) is 43.2 Å². The molecule has 0 fully saturated rings. The summed E-state index contributed by atoms with van der Waals surface area (Å²) in [4.78, 5) is 9.74. The normalized spacial score (nSPS) is 17.3. The Bertz CT molecular complexity index is 1160. The Labute approximate surface area is 203 Å². The molecule has 1 aromatic heterocycles. The highest BCUT2D eigenvalue weighted by Gasteiger charge is 2.52. The molecule has 34 heavy (non-hydrogen) atoms. The maximum atomic E-state index is 6.49. The summed E-state index contributed by atoms with van der Waals surface area (Å²) in [6, 6.07) is 21.5. The van der Waals surface area contributed by atoms with Gasteiger partial charge in [0.2, 0.25) is 0 Å². The number of aromatic nitrogens is 1. The molecule has 0 saturated carbocycles. The average molecular weight is 459 g/mol. The molecule has 6 nitrogen and oxygen atoms in total. The van der Waals surface area contributed by atoms with E-state index in [4.69, 9.17) is 15.5 Å². The van der Waals surface area contributed by atoms with Gasteiger partial charge in [-0.3, -0.25) is 0 Å². The number of rotatable bonds is 9. The van der Waals surface area contributed by atoms with Crippen molar-refractivity contribution in [2.45, 2.75) is 53.8 Å². The van der Waals surface area contributed by atoms with Crippen LogP contribution in [-0.2, 0) is 17.8 Å². The Morgan fingerprint density at radius 3 is 2.18 bits per heavy atom. The van der Waals surface area contributed by atoms with Gasteiger partial charge >= 0.3 is 0 Å². The monoisotopic (exact) mass is 458 g/mol. The van der Waals surface area contributed by atoms with Crippen LogP contribution >= 0.6 is 0 Å². The predicted octanol–water partition coefficient (Wildman–Crippen LogP) is 5.69. The van der Waals surface area contributed by atoms with Gasteiger partial charge in [-0.1, -0.05) is 60.7 Å². The van der Waals surface area contributed by atoms with E-state index < -0.39 is 0 Å². The first-order valence-electron chi connectivity index (χ1n) is 12.0. The molecule has 0 spiro atoms. The van der Waals surface area contributed by atoms with Crippen molar-refractivity contribution in [3.63, 3.8) is 0 Å². The summed E-state index contributed by atoms with van der Waals surface area (Å²) >= 11 is 0. The first-order valence-corrected chi connectivity index (χ1v) is 12.0. The van der Waals surface area contributed by atoms with E-state index in [1.165, 1.54) is 11.1 Å². The van der Waals surface area contributed by atoms with Gasteiger partial charge < -0.3 is 10.5 Å². The molecule has 0 amide bonds. The number of nitrogens with two attached hydrogens (primary N) is 1. The summed E-state index contributed by atoms with van der Waals surface area (Å²) in [7, 11) is 0. The van der Waals surface area contributed by atoms with E-state index in [9.17, 15) is 0 Å². The van der Waals surface area contributed by atoms with Crippen molar-refractivity contribution in [2.24, 2.45) is 4.99 Å². The number of pyridine rings is 1. The van der Waals surface area contributed by atoms with Crippen molar-refractivity contribution in [1.29, 1.82) is 0 Å². The third-order valence-electron chi connectivity index (χ3n) is 6.60. The van der Waals surface area contributed by atoms with E-state index >= 15 is 0 Å². The number of fused-ring (bicyclic) bond motifs is 1. The molecule has 2 N–H and O–H groups in total. The Morgan fingerprint density at radius 1 is 0.971 bits per heavy atom. The van der Waals surface area contributed by atoms with Crippen molar-refractivity contribution in [2.75, 3.05) is 18.9 Å². The molecule has 6 heteroatoms. The lowest BCUT2D eigenvalue weighted by Gasteiger charge is -2.45. The lowest BCUT2D eigenvalue weighted by atomic mass is 10.1. The van der Waals surface area contributed by atoms with Crippen LogP contribution in [0, 0.1) is 13.8 Å². The number of quaternary nitrogens is 1. The van der Waals surface area contributed by atoms with Crippen LogP contribution in [0.4, 0.5) is 17.2 Å². The summed E-state index contributed by atoms with van der Waals surface area (Å²) in [5, 5.41) is 2.51. The molecule has 1 unspecified atom stereocenters. The molecule has 0 bridgehead atoms. The van der Waals surface area contributed by atoms with E-state index in [-0.39, 0.29) is 6.04 Å². The first kappa shape index (κ1) is 24.1. The van der Waals surface area contributed by atoms with E-state index in [1.54, 1.807) is 0 Å². The van der Waals surface area contributed by atoms with Crippen LogP contribution in [0.5, 0.6) is 0 Å². The van der Waals surface area contributed by atoms with Gasteiger partial charge in [-0.2, -0.15) is 9.58 Å². The van der Waals surface area contributed by atoms with E-state index in [2.05, 4.69) is 91.4 Å². The highest BCUT2D eigenvalue weighted by atomic mass is 16.5. The lowest BCUT2D eigenvalue weighted by molar-refractivity contribution is -0.00128. The molecule has 0 saturated heterocycles. The van der Waals surface area contributed by atoms with Crippen molar-refractivity contribution >= 4 is 23.0 Å². The number of amidine groups is 1.